The average Bonchev–Trinajstić information content (AvgIpc) is 2.99. The first-order chi connectivity index (χ1) is 9.49. The van der Waals surface area contributed by atoms with Crippen LogP contribution in [0.15, 0.2) is 10.8 Å². The van der Waals surface area contributed by atoms with Crippen molar-refractivity contribution in [3.05, 3.63) is 21.8 Å². The number of hydrogen-bond acceptors (Lipinski definition) is 4. The quantitative estimate of drug-likeness (QED) is 0.812. The number of carboxylic acid groups (broad SMARTS) is 1. The zero-order chi connectivity index (χ0) is 14.4. The van der Waals surface area contributed by atoms with Gasteiger partial charge in [0, 0.05) is 19.0 Å². The molecule has 3 heterocycles. The highest BCUT2D eigenvalue weighted by Crippen LogP contribution is 2.33. The van der Waals surface area contributed by atoms with Gasteiger partial charge in [-0.15, -0.1) is 0 Å². The molecular formula is C11H11BrClN5O2. The second-order valence-electron chi connectivity index (χ2n) is 4.63. The van der Waals surface area contributed by atoms with Gasteiger partial charge in [-0.05, 0) is 22.4 Å². The molecule has 0 spiro atoms. The molecule has 0 aliphatic carbocycles. The largest absolute Gasteiger partial charge is 0.465 e. The molecule has 0 saturated carbocycles. The van der Waals surface area contributed by atoms with Crippen molar-refractivity contribution < 1.29 is 9.90 Å². The minimum atomic E-state index is -0.917. The van der Waals surface area contributed by atoms with E-state index in [0.29, 0.717) is 46.4 Å². The molecule has 0 aromatic carbocycles. The van der Waals surface area contributed by atoms with Crippen molar-refractivity contribution in [2.45, 2.75) is 12.3 Å². The van der Waals surface area contributed by atoms with Gasteiger partial charge >= 0.3 is 6.09 Å². The van der Waals surface area contributed by atoms with Crippen LogP contribution in [0.5, 0.6) is 0 Å². The Balaban J connectivity index is 2.09. The normalized spacial score (nSPS) is 18.9. The fourth-order valence-electron chi connectivity index (χ4n) is 2.51. The third-order valence-corrected chi connectivity index (χ3v) is 4.27. The predicted molar refractivity (Wildman–Crippen MR) is 77.1 cm³/mol. The third-order valence-electron chi connectivity index (χ3n) is 3.45. The van der Waals surface area contributed by atoms with E-state index in [1.165, 1.54) is 11.1 Å². The topological polar surface area (TPSA) is 96.8 Å². The molecule has 1 atom stereocenters. The molecule has 3 rings (SSSR count). The van der Waals surface area contributed by atoms with E-state index in [4.69, 9.17) is 22.4 Å². The van der Waals surface area contributed by atoms with Crippen LogP contribution in [-0.2, 0) is 0 Å². The molecule has 1 aliphatic heterocycles. The maximum Gasteiger partial charge on any atom is 0.407 e. The van der Waals surface area contributed by atoms with Gasteiger partial charge in [0.15, 0.2) is 5.82 Å². The third kappa shape index (κ3) is 1.99. The van der Waals surface area contributed by atoms with Gasteiger partial charge in [-0.3, -0.25) is 4.40 Å². The summed E-state index contributed by atoms with van der Waals surface area (Å²) in [6.07, 6.45) is 1.25. The lowest BCUT2D eigenvalue weighted by molar-refractivity contribution is 0.155. The minimum absolute atomic E-state index is 0.0100. The van der Waals surface area contributed by atoms with Crippen molar-refractivity contribution in [3.63, 3.8) is 0 Å². The molecule has 1 unspecified atom stereocenters. The Morgan fingerprint density at radius 2 is 2.35 bits per heavy atom. The van der Waals surface area contributed by atoms with Crippen LogP contribution < -0.4 is 5.73 Å². The van der Waals surface area contributed by atoms with E-state index in [0.717, 1.165) is 0 Å². The molecule has 1 fully saturated rings. The number of carbonyl (C=O) groups is 1. The smallest absolute Gasteiger partial charge is 0.407 e. The summed E-state index contributed by atoms with van der Waals surface area (Å²) in [6.45, 7) is 0.893. The molecule has 9 heteroatoms. The standard InChI is InChI=1S/C11H11BrClN5O2/c12-8-7-9(14)15-3-6(13)18(7)10(16-8)5-1-2-17(4-5)11(19)20/h3,5H,1-2,4H2,(H2,14,15)(H,19,20). The van der Waals surface area contributed by atoms with E-state index in [-0.39, 0.29) is 5.92 Å². The minimum Gasteiger partial charge on any atom is -0.465 e. The van der Waals surface area contributed by atoms with E-state index in [9.17, 15) is 4.79 Å². The molecule has 0 bridgehead atoms. The van der Waals surface area contributed by atoms with Crippen molar-refractivity contribution in [1.82, 2.24) is 19.3 Å². The number of imidazole rings is 1. The lowest BCUT2D eigenvalue weighted by atomic mass is 10.1. The van der Waals surface area contributed by atoms with Crippen LogP contribution in [0.1, 0.15) is 18.2 Å². The van der Waals surface area contributed by atoms with Crippen molar-refractivity contribution in [1.29, 1.82) is 0 Å². The number of rotatable bonds is 1. The maximum absolute atomic E-state index is 11.0. The van der Waals surface area contributed by atoms with E-state index in [1.807, 2.05) is 0 Å². The highest BCUT2D eigenvalue weighted by Gasteiger charge is 2.31. The molecule has 3 N–H and O–H groups in total. The number of nitrogen functional groups attached to an aromatic ring is 1. The van der Waals surface area contributed by atoms with E-state index in [2.05, 4.69) is 25.9 Å². The number of nitrogens with zero attached hydrogens (tertiary/aromatic N) is 4. The van der Waals surface area contributed by atoms with Crippen LogP contribution in [-0.4, -0.2) is 43.6 Å². The molecule has 1 aliphatic rings. The van der Waals surface area contributed by atoms with Crippen LogP contribution in [0.25, 0.3) is 5.52 Å². The lowest BCUT2D eigenvalue weighted by Gasteiger charge is -2.12. The Hall–Kier alpha value is -1.54. The Bertz CT molecular complexity index is 704. The van der Waals surface area contributed by atoms with Gasteiger partial charge in [0.05, 0.1) is 6.20 Å². The number of fused-ring (bicyclic) bond motifs is 1. The summed E-state index contributed by atoms with van der Waals surface area (Å²) in [6, 6.07) is 0. The number of halogens is 2. The second kappa shape index (κ2) is 4.78. The summed E-state index contributed by atoms with van der Waals surface area (Å²) < 4.78 is 2.29. The molecule has 0 radical (unpaired) electrons. The number of likely N-dealkylation sites (tertiary alicyclic amines) is 1. The summed E-state index contributed by atoms with van der Waals surface area (Å²) in [5.74, 6) is 1.02. The van der Waals surface area contributed by atoms with Crippen LogP contribution in [0, 0.1) is 0 Å². The van der Waals surface area contributed by atoms with Gasteiger partial charge in [0.1, 0.15) is 21.1 Å². The number of anilines is 1. The van der Waals surface area contributed by atoms with Crippen LogP contribution in [0.2, 0.25) is 5.15 Å². The first-order valence-corrected chi connectivity index (χ1v) is 7.12. The van der Waals surface area contributed by atoms with E-state index >= 15 is 0 Å². The number of hydrogen-bond donors (Lipinski definition) is 2. The number of nitrogens with two attached hydrogens (primary N) is 1. The molecule has 7 nitrogen and oxygen atoms in total. The lowest BCUT2D eigenvalue weighted by Crippen LogP contribution is -2.26. The summed E-state index contributed by atoms with van der Waals surface area (Å²) >= 11 is 9.53. The molecule has 1 saturated heterocycles. The van der Waals surface area contributed by atoms with Crippen molar-refractivity contribution >= 4 is 45.0 Å². The summed E-state index contributed by atoms with van der Waals surface area (Å²) in [5, 5.41) is 9.43. The Kier molecular flexibility index (Phi) is 3.21. The number of aromatic nitrogens is 3. The van der Waals surface area contributed by atoms with Gasteiger partial charge in [0.2, 0.25) is 0 Å². The van der Waals surface area contributed by atoms with Gasteiger partial charge in [-0.1, -0.05) is 11.6 Å². The average molecular weight is 361 g/mol. The van der Waals surface area contributed by atoms with E-state index in [1.54, 1.807) is 4.40 Å². The monoisotopic (exact) mass is 359 g/mol. The first-order valence-electron chi connectivity index (χ1n) is 5.94. The van der Waals surface area contributed by atoms with Crippen molar-refractivity contribution in [2.24, 2.45) is 0 Å². The Labute approximate surface area is 127 Å². The zero-order valence-corrected chi connectivity index (χ0v) is 12.6. The summed E-state index contributed by atoms with van der Waals surface area (Å²) in [7, 11) is 0. The number of amides is 1. The Morgan fingerprint density at radius 1 is 1.60 bits per heavy atom. The van der Waals surface area contributed by atoms with Crippen molar-refractivity contribution in [2.75, 3.05) is 18.8 Å². The molecule has 1 amide bonds. The van der Waals surface area contributed by atoms with Gasteiger partial charge in [-0.25, -0.2) is 14.8 Å². The molecule has 2 aromatic rings. The van der Waals surface area contributed by atoms with Gasteiger partial charge < -0.3 is 15.7 Å². The van der Waals surface area contributed by atoms with Crippen molar-refractivity contribution in [3.8, 4) is 0 Å². The zero-order valence-electron chi connectivity index (χ0n) is 10.3. The maximum atomic E-state index is 11.0. The SMILES string of the molecule is Nc1ncc(Cl)n2c(C3CCN(C(=O)O)C3)nc(Br)c12. The molecule has 2 aromatic heterocycles. The fraction of sp³-hybridized carbons (Fsp3) is 0.364. The fourth-order valence-corrected chi connectivity index (χ4v) is 3.29. The highest BCUT2D eigenvalue weighted by atomic mass is 79.9. The summed E-state index contributed by atoms with van der Waals surface area (Å²) in [5.41, 5.74) is 6.46. The molecular weight excluding hydrogens is 350 g/mol. The van der Waals surface area contributed by atoms with Gasteiger partial charge in [-0.2, -0.15) is 0 Å². The molecule has 106 valence electrons. The van der Waals surface area contributed by atoms with Crippen LogP contribution >= 0.6 is 27.5 Å². The van der Waals surface area contributed by atoms with Gasteiger partial charge in [0.25, 0.3) is 0 Å². The van der Waals surface area contributed by atoms with E-state index < -0.39 is 6.09 Å². The second-order valence-corrected chi connectivity index (χ2v) is 5.76. The molecule has 20 heavy (non-hydrogen) atoms. The summed E-state index contributed by atoms with van der Waals surface area (Å²) in [4.78, 5) is 20.8. The van der Waals surface area contributed by atoms with Crippen LogP contribution in [0.4, 0.5) is 10.6 Å². The first kappa shape index (κ1) is 13.4. The predicted octanol–water partition coefficient (Wildman–Crippen LogP) is 2.19. The van der Waals surface area contributed by atoms with Crippen LogP contribution in [0.3, 0.4) is 0 Å². The highest BCUT2D eigenvalue weighted by molar-refractivity contribution is 9.10. The Morgan fingerprint density at radius 3 is 3.00 bits per heavy atom.